The lowest BCUT2D eigenvalue weighted by Crippen LogP contribution is -2.46. The van der Waals surface area contributed by atoms with Gasteiger partial charge in [-0.15, -0.1) is 24.8 Å². The van der Waals surface area contributed by atoms with Crippen molar-refractivity contribution in [2.75, 3.05) is 40.4 Å². The Morgan fingerprint density at radius 1 is 1.05 bits per heavy atom. The van der Waals surface area contributed by atoms with Gasteiger partial charge in [0.05, 0.1) is 20.3 Å². The van der Waals surface area contributed by atoms with Crippen molar-refractivity contribution >= 4 is 24.8 Å². The highest BCUT2D eigenvalue weighted by atomic mass is 35.5. The van der Waals surface area contributed by atoms with Crippen molar-refractivity contribution in [2.45, 2.75) is 12.5 Å². The Labute approximate surface area is 142 Å². The van der Waals surface area contributed by atoms with Crippen molar-refractivity contribution in [2.24, 2.45) is 0 Å². The molecule has 0 amide bonds. The molecule has 1 N–H and O–H groups in total. The van der Waals surface area contributed by atoms with E-state index in [0.29, 0.717) is 30.2 Å². The summed E-state index contributed by atoms with van der Waals surface area (Å²) in [5, 5.41) is 3.17. The summed E-state index contributed by atoms with van der Waals surface area (Å²) >= 11 is 0. The summed E-state index contributed by atoms with van der Waals surface area (Å²) < 4.78 is 37.2. The van der Waals surface area contributed by atoms with E-state index in [0.717, 1.165) is 13.1 Å². The highest BCUT2D eigenvalue weighted by Crippen LogP contribution is 2.34. The maximum absolute atomic E-state index is 13.5. The van der Waals surface area contributed by atoms with E-state index in [1.807, 2.05) is 4.90 Å². The van der Waals surface area contributed by atoms with Gasteiger partial charge in [-0.1, -0.05) is 6.07 Å². The largest absolute Gasteiger partial charge is 0.493 e. The molecule has 1 aromatic carbocycles. The van der Waals surface area contributed by atoms with Crippen LogP contribution in [0.15, 0.2) is 18.2 Å². The fourth-order valence-electron chi connectivity index (χ4n) is 2.51. The molecule has 1 saturated heterocycles. The smallest absolute Gasteiger partial charge is 0.258 e. The Morgan fingerprint density at radius 2 is 1.64 bits per heavy atom. The fraction of sp³-hybridized carbons (Fsp3) is 0.571. The van der Waals surface area contributed by atoms with Crippen LogP contribution < -0.4 is 14.8 Å². The lowest BCUT2D eigenvalue weighted by atomic mass is 10.0. The molecule has 0 aliphatic carbocycles. The van der Waals surface area contributed by atoms with E-state index in [9.17, 15) is 8.78 Å². The van der Waals surface area contributed by atoms with Crippen molar-refractivity contribution in [3.8, 4) is 11.5 Å². The van der Waals surface area contributed by atoms with E-state index >= 15 is 0 Å². The minimum atomic E-state index is -2.44. The molecular formula is C14H22Cl2F2N2O2. The van der Waals surface area contributed by atoms with E-state index in [1.54, 1.807) is 18.2 Å². The monoisotopic (exact) mass is 358 g/mol. The molecule has 1 fully saturated rings. The van der Waals surface area contributed by atoms with Gasteiger partial charge < -0.3 is 14.8 Å². The third-order valence-electron chi connectivity index (χ3n) is 3.53. The summed E-state index contributed by atoms with van der Waals surface area (Å²) in [7, 11) is 3.03. The van der Waals surface area contributed by atoms with Crippen LogP contribution in [0.5, 0.6) is 11.5 Å². The second-order valence-corrected chi connectivity index (χ2v) is 4.68. The number of piperazine rings is 1. The standard InChI is InChI=1S/C14H20F2N2O2.2ClH/c1-19-11-4-3-10(9-12(11)20-2)13(14(15)16)18-7-5-17-6-8-18;;/h3-4,9,13-14,17H,5-8H2,1-2H3;2*1H/t13-;;/m0../s1. The maximum Gasteiger partial charge on any atom is 0.258 e. The molecule has 128 valence electrons. The Kier molecular flexibility index (Phi) is 9.67. The predicted octanol–water partition coefficient (Wildman–Crippen LogP) is 2.76. The number of nitrogens with zero attached hydrogens (tertiary/aromatic N) is 1. The highest BCUT2D eigenvalue weighted by molar-refractivity contribution is 5.85. The molecule has 4 nitrogen and oxygen atoms in total. The molecule has 1 heterocycles. The van der Waals surface area contributed by atoms with Gasteiger partial charge in [-0.05, 0) is 17.7 Å². The number of hydrogen-bond acceptors (Lipinski definition) is 4. The normalized spacial score (nSPS) is 16.4. The number of alkyl halides is 2. The van der Waals surface area contributed by atoms with Gasteiger partial charge in [0, 0.05) is 26.2 Å². The lowest BCUT2D eigenvalue weighted by molar-refractivity contribution is 0.0181. The van der Waals surface area contributed by atoms with Crippen LogP contribution in [0.1, 0.15) is 11.6 Å². The van der Waals surface area contributed by atoms with Crippen LogP contribution in [0.2, 0.25) is 0 Å². The number of methoxy groups -OCH3 is 2. The minimum Gasteiger partial charge on any atom is -0.493 e. The number of ether oxygens (including phenoxy) is 2. The summed E-state index contributed by atoms with van der Waals surface area (Å²) in [5.74, 6) is 1.02. The molecule has 2 rings (SSSR count). The summed E-state index contributed by atoms with van der Waals surface area (Å²) in [4.78, 5) is 1.81. The van der Waals surface area contributed by atoms with Crippen LogP contribution in [0.3, 0.4) is 0 Å². The molecule has 1 aliphatic rings. The molecule has 0 aromatic heterocycles. The Balaban J connectivity index is 0.00000220. The van der Waals surface area contributed by atoms with Gasteiger partial charge in [-0.2, -0.15) is 0 Å². The van der Waals surface area contributed by atoms with Gasteiger partial charge in [0.15, 0.2) is 11.5 Å². The maximum atomic E-state index is 13.5. The van der Waals surface area contributed by atoms with Gasteiger partial charge in [0.1, 0.15) is 0 Å². The van der Waals surface area contributed by atoms with Crippen molar-refractivity contribution in [1.82, 2.24) is 10.2 Å². The molecule has 1 aliphatic heterocycles. The van der Waals surface area contributed by atoms with Gasteiger partial charge >= 0.3 is 0 Å². The SMILES string of the molecule is COc1ccc([C@@H](C(F)F)N2CCNCC2)cc1OC.Cl.Cl. The molecule has 0 saturated carbocycles. The Hall–Kier alpha value is -0.820. The van der Waals surface area contributed by atoms with Crippen LogP contribution in [-0.2, 0) is 0 Å². The van der Waals surface area contributed by atoms with E-state index in [2.05, 4.69) is 5.32 Å². The van der Waals surface area contributed by atoms with Crippen molar-refractivity contribution < 1.29 is 18.3 Å². The van der Waals surface area contributed by atoms with Crippen LogP contribution >= 0.6 is 24.8 Å². The molecule has 1 atom stereocenters. The van der Waals surface area contributed by atoms with E-state index < -0.39 is 12.5 Å². The van der Waals surface area contributed by atoms with Crippen molar-refractivity contribution in [3.05, 3.63) is 23.8 Å². The van der Waals surface area contributed by atoms with E-state index in [4.69, 9.17) is 9.47 Å². The fourth-order valence-corrected chi connectivity index (χ4v) is 2.51. The minimum absolute atomic E-state index is 0. The second kappa shape index (κ2) is 10.0. The van der Waals surface area contributed by atoms with Crippen molar-refractivity contribution in [1.29, 1.82) is 0 Å². The topological polar surface area (TPSA) is 33.7 Å². The summed E-state index contributed by atoms with van der Waals surface area (Å²) in [5.41, 5.74) is 0.555. The number of nitrogens with one attached hydrogen (secondary N) is 1. The molecule has 0 unspecified atom stereocenters. The van der Waals surface area contributed by atoms with Crippen LogP contribution in [0.4, 0.5) is 8.78 Å². The summed E-state index contributed by atoms with van der Waals surface area (Å²) in [6.45, 7) is 2.69. The number of halogens is 4. The average Bonchev–Trinajstić information content (AvgIpc) is 2.48. The molecule has 0 radical (unpaired) electrons. The van der Waals surface area contributed by atoms with Gasteiger partial charge in [-0.25, -0.2) is 8.78 Å². The zero-order valence-electron chi connectivity index (χ0n) is 12.6. The highest BCUT2D eigenvalue weighted by Gasteiger charge is 2.30. The number of hydrogen-bond donors (Lipinski definition) is 1. The average molecular weight is 359 g/mol. The summed E-state index contributed by atoms with van der Waals surface area (Å²) in [6, 6.07) is 4.08. The molecular weight excluding hydrogens is 337 g/mol. The molecule has 1 aromatic rings. The third kappa shape index (κ3) is 4.84. The van der Waals surface area contributed by atoms with Crippen LogP contribution in [-0.4, -0.2) is 51.7 Å². The first kappa shape index (κ1) is 21.2. The zero-order valence-corrected chi connectivity index (χ0v) is 14.2. The van der Waals surface area contributed by atoms with Crippen molar-refractivity contribution in [3.63, 3.8) is 0 Å². The first-order chi connectivity index (χ1) is 9.67. The molecule has 0 bridgehead atoms. The molecule has 22 heavy (non-hydrogen) atoms. The second-order valence-electron chi connectivity index (χ2n) is 4.68. The van der Waals surface area contributed by atoms with Gasteiger partial charge in [-0.3, -0.25) is 4.90 Å². The Morgan fingerprint density at radius 3 is 2.14 bits per heavy atom. The number of rotatable bonds is 5. The predicted molar refractivity (Wildman–Crippen MR) is 87.2 cm³/mol. The first-order valence-corrected chi connectivity index (χ1v) is 6.62. The molecule has 0 spiro atoms. The van der Waals surface area contributed by atoms with E-state index in [1.165, 1.54) is 14.2 Å². The van der Waals surface area contributed by atoms with Gasteiger partial charge in [0.25, 0.3) is 6.43 Å². The Bertz CT molecular complexity index is 447. The quantitative estimate of drug-likeness (QED) is 0.877. The van der Waals surface area contributed by atoms with Crippen LogP contribution in [0, 0.1) is 0 Å². The third-order valence-corrected chi connectivity index (χ3v) is 3.53. The number of benzene rings is 1. The van der Waals surface area contributed by atoms with E-state index in [-0.39, 0.29) is 24.8 Å². The van der Waals surface area contributed by atoms with Crippen LogP contribution in [0.25, 0.3) is 0 Å². The lowest BCUT2D eigenvalue weighted by Gasteiger charge is -2.34. The van der Waals surface area contributed by atoms with Gasteiger partial charge in [0.2, 0.25) is 0 Å². The zero-order chi connectivity index (χ0) is 14.5. The summed E-state index contributed by atoms with van der Waals surface area (Å²) in [6.07, 6.45) is -2.44. The first-order valence-electron chi connectivity index (χ1n) is 6.62. The molecule has 8 heteroatoms.